The molecule has 0 bridgehead atoms. The van der Waals surface area contributed by atoms with Crippen molar-refractivity contribution in [3.8, 4) is 0 Å². The van der Waals surface area contributed by atoms with Crippen LogP contribution in [0.3, 0.4) is 0 Å². The van der Waals surface area contributed by atoms with Crippen LogP contribution < -0.4 is 0 Å². The van der Waals surface area contributed by atoms with Crippen LogP contribution in [0.1, 0.15) is 26.5 Å². The zero-order valence-electron chi connectivity index (χ0n) is 12.6. The second kappa shape index (κ2) is 6.18. The Bertz CT molecular complexity index is 602. The van der Waals surface area contributed by atoms with Gasteiger partial charge < -0.3 is 4.74 Å². The predicted octanol–water partition coefficient (Wildman–Crippen LogP) is 2.84. The van der Waals surface area contributed by atoms with Gasteiger partial charge in [0, 0.05) is 19.0 Å². The number of ether oxygens (including phenoxy) is 1. The highest BCUT2D eigenvalue weighted by Gasteiger charge is 2.23. The lowest BCUT2D eigenvalue weighted by molar-refractivity contribution is -0.130. The van der Waals surface area contributed by atoms with E-state index < -0.39 is 0 Å². The highest BCUT2D eigenvalue weighted by Crippen LogP contribution is 2.20. The molecule has 4 nitrogen and oxygen atoms in total. The van der Waals surface area contributed by atoms with Crippen molar-refractivity contribution in [1.82, 2.24) is 9.78 Å². The molecule has 2 aromatic rings. The molecule has 0 radical (unpaired) electrons. The van der Waals surface area contributed by atoms with Crippen molar-refractivity contribution in [1.29, 1.82) is 0 Å². The number of hydrogen-bond donors (Lipinski definition) is 0. The maximum atomic E-state index is 12.4. The lowest BCUT2D eigenvalue weighted by atomic mass is 9.99. The van der Waals surface area contributed by atoms with E-state index in [4.69, 9.17) is 4.74 Å². The van der Waals surface area contributed by atoms with E-state index in [1.165, 1.54) is 0 Å². The number of aromatic nitrogens is 2. The quantitative estimate of drug-likeness (QED) is 0.813. The van der Waals surface area contributed by atoms with Crippen LogP contribution in [-0.4, -0.2) is 28.8 Å². The molecule has 108 valence electrons. The Kier molecular flexibility index (Phi) is 4.55. The van der Waals surface area contributed by atoms with E-state index in [1.807, 2.05) is 42.8 Å². The van der Waals surface area contributed by atoms with E-state index in [0.717, 1.165) is 23.1 Å². The minimum Gasteiger partial charge on any atom is -0.373 e. The molecule has 0 spiro atoms. The number of carbonyl (C=O) groups excluding carboxylic acids is 1. The predicted molar refractivity (Wildman–Crippen MR) is 79.8 cm³/mol. The molecule has 0 aliphatic rings. The largest absolute Gasteiger partial charge is 0.373 e. The van der Waals surface area contributed by atoms with Gasteiger partial charge in [-0.2, -0.15) is 5.10 Å². The summed E-state index contributed by atoms with van der Waals surface area (Å²) in [6, 6.07) is 8.03. The Morgan fingerprint density at radius 2 is 2.05 bits per heavy atom. The van der Waals surface area contributed by atoms with Crippen molar-refractivity contribution >= 4 is 16.7 Å². The normalized spacial score (nSPS) is 13.1. The molecule has 20 heavy (non-hydrogen) atoms. The minimum absolute atomic E-state index is 0.0917. The number of carbonyl (C=O) groups is 1. The molecule has 1 unspecified atom stereocenters. The number of fused-ring (bicyclic) bond motifs is 1. The van der Waals surface area contributed by atoms with Crippen LogP contribution in [-0.2, 0) is 22.5 Å². The van der Waals surface area contributed by atoms with E-state index in [1.54, 1.807) is 7.11 Å². The van der Waals surface area contributed by atoms with Gasteiger partial charge in [-0.05, 0) is 18.9 Å². The summed E-state index contributed by atoms with van der Waals surface area (Å²) in [4.78, 5) is 12.4. The van der Waals surface area contributed by atoms with Gasteiger partial charge in [0.15, 0.2) is 5.78 Å². The number of nitrogens with zero attached hydrogens (tertiary/aromatic N) is 2. The molecule has 0 aliphatic heterocycles. The number of benzene rings is 1. The first-order valence-corrected chi connectivity index (χ1v) is 7.08. The van der Waals surface area contributed by atoms with Crippen molar-refractivity contribution in [3.05, 3.63) is 30.0 Å². The third-order valence-corrected chi connectivity index (χ3v) is 3.55. The van der Waals surface area contributed by atoms with Crippen LogP contribution in [0.5, 0.6) is 0 Å². The topological polar surface area (TPSA) is 44.1 Å². The third-order valence-electron chi connectivity index (χ3n) is 3.55. The van der Waals surface area contributed by atoms with E-state index in [9.17, 15) is 4.79 Å². The average Bonchev–Trinajstić information content (AvgIpc) is 2.77. The van der Waals surface area contributed by atoms with Gasteiger partial charge in [0.2, 0.25) is 0 Å². The number of methoxy groups -OCH3 is 1. The molecule has 1 heterocycles. The number of aryl methyl sites for hydroxylation is 1. The number of para-hydroxylation sites is 1. The minimum atomic E-state index is -0.361. The molecule has 0 saturated carbocycles. The Hall–Kier alpha value is -1.68. The van der Waals surface area contributed by atoms with Crippen molar-refractivity contribution in [2.45, 2.75) is 39.8 Å². The van der Waals surface area contributed by atoms with Gasteiger partial charge in [0.25, 0.3) is 0 Å². The average molecular weight is 274 g/mol. The van der Waals surface area contributed by atoms with Gasteiger partial charge in [-0.15, -0.1) is 0 Å². The molecule has 1 aromatic heterocycles. The molecule has 0 saturated heterocycles. The van der Waals surface area contributed by atoms with E-state index >= 15 is 0 Å². The molecule has 0 N–H and O–H groups in total. The molecular formula is C16H22N2O2. The van der Waals surface area contributed by atoms with Gasteiger partial charge in [-0.25, -0.2) is 0 Å². The Morgan fingerprint density at radius 3 is 2.65 bits per heavy atom. The summed E-state index contributed by atoms with van der Waals surface area (Å²) in [5, 5.41) is 5.62. The van der Waals surface area contributed by atoms with Gasteiger partial charge in [-0.1, -0.05) is 32.0 Å². The molecule has 0 fully saturated rings. The number of rotatable bonds is 6. The summed E-state index contributed by atoms with van der Waals surface area (Å²) >= 11 is 0. The van der Waals surface area contributed by atoms with Crippen LogP contribution in [0.25, 0.3) is 10.9 Å². The van der Waals surface area contributed by atoms with Crippen LogP contribution in [0.15, 0.2) is 24.3 Å². The SMILES string of the molecule is CCn1nc(CC(=O)C(OC)C(C)C)c2ccccc21. The van der Waals surface area contributed by atoms with Gasteiger partial charge in [-0.3, -0.25) is 9.48 Å². The summed E-state index contributed by atoms with van der Waals surface area (Å²) in [7, 11) is 1.59. The zero-order chi connectivity index (χ0) is 14.7. The van der Waals surface area contributed by atoms with Crippen LogP contribution >= 0.6 is 0 Å². The summed E-state index contributed by atoms with van der Waals surface area (Å²) in [5.74, 6) is 0.265. The van der Waals surface area contributed by atoms with Gasteiger partial charge in [0.1, 0.15) is 6.10 Å². The Balaban J connectivity index is 2.32. The van der Waals surface area contributed by atoms with Crippen LogP contribution in [0.4, 0.5) is 0 Å². The molecule has 1 aromatic carbocycles. The summed E-state index contributed by atoms with van der Waals surface area (Å²) in [5.41, 5.74) is 1.92. The first-order valence-electron chi connectivity index (χ1n) is 7.08. The zero-order valence-corrected chi connectivity index (χ0v) is 12.6. The standard InChI is InChI=1S/C16H22N2O2/c1-5-18-14-9-7-6-8-12(14)13(17-18)10-15(19)16(20-4)11(2)3/h6-9,11,16H,5,10H2,1-4H3. The van der Waals surface area contributed by atoms with Crippen LogP contribution in [0, 0.1) is 5.92 Å². The van der Waals surface area contributed by atoms with E-state index in [2.05, 4.69) is 12.0 Å². The van der Waals surface area contributed by atoms with Crippen molar-refractivity contribution < 1.29 is 9.53 Å². The smallest absolute Gasteiger partial charge is 0.167 e. The fourth-order valence-electron chi connectivity index (χ4n) is 2.61. The molecular weight excluding hydrogens is 252 g/mol. The highest BCUT2D eigenvalue weighted by molar-refractivity contribution is 5.90. The van der Waals surface area contributed by atoms with Crippen molar-refractivity contribution in [2.75, 3.05) is 7.11 Å². The number of ketones is 1. The molecule has 2 rings (SSSR count). The number of hydrogen-bond acceptors (Lipinski definition) is 3. The maximum absolute atomic E-state index is 12.4. The lowest BCUT2D eigenvalue weighted by Gasteiger charge is -2.17. The first-order chi connectivity index (χ1) is 9.58. The second-order valence-corrected chi connectivity index (χ2v) is 5.32. The molecule has 1 atom stereocenters. The Labute approximate surface area is 119 Å². The van der Waals surface area contributed by atoms with Crippen LogP contribution in [0.2, 0.25) is 0 Å². The fourth-order valence-corrected chi connectivity index (χ4v) is 2.61. The lowest BCUT2D eigenvalue weighted by Crippen LogP contribution is -2.30. The van der Waals surface area contributed by atoms with Gasteiger partial charge >= 0.3 is 0 Å². The molecule has 0 amide bonds. The summed E-state index contributed by atoms with van der Waals surface area (Å²) in [6.45, 7) is 6.84. The van der Waals surface area contributed by atoms with Gasteiger partial charge in [0.05, 0.1) is 17.6 Å². The second-order valence-electron chi connectivity index (χ2n) is 5.32. The molecule has 4 heteroatoms. The summed E-state index contributed by atoms with van der Waals surface area (Å²) < 4.78 is 7.25. The first kappa shape index (κ1) is 14.7. The third kappa shape index (κ3) is 2.75. The number of Topliss-reactive ketones (excluding diaryl/α,β-unsaturated/α-hetero) is 1. The van der Waals surface area contributed by atoms with Crippen molar-refractivity contribution in [2.24, 2.45) is 5.92 Å². The van der Waals surface area contributed by atoms with E-state index in [0.29, 0.717) is 6.42 Å². The monoisotopic (exact) mass is 274 g/mol. The molecule has 0 aliphatic carbocycles. The van der Waals surface area contributed by atoms with E-state index in [-0.39, 0.29) is 17.8 Å². The summed E-state index contributed by atoms with van der Waals surface area (Å²) in [6.07, 6.45) is -0.0370. The maximum Gasteiger partial charge on any atom is 0.167 e. The van der Waals surface area contributed by atoms with Crippen molar-refractivity contribution in [3.63, 3.8) is 0 Å². The fraction of sp³-hybridized carbons (Fsp3) is 0.500. The highest BCUT2D eigenvalue weighted by atomic mass is 16.5. The Morgan fingerprint density at radius 1 is 1.35 bits per heavy atom.